The molecule has 0 amide bonds. The van der Waals surface area contributed by atoms with Gasteiger partial charge in [-0.1, -0.05) is 13.3 Å². The van der Waals surface area contributed by atoms with E-state index in [0.29, 0.717) is 6.61 Å². The molecule has 0 heterocycles. The van der Waals surface area contributed by atoms with E-state index in [0.717, 1.165) is 25.0 Å². The van der Waals surface area contributed by atoms with Gasteiger partial charge in [0.25, 0.3) is 0 Å². The summed E-state index contributed by atoms with van der Waals surface area (Å²) < 4.78 is 10.3. The number of esters is 1. The molecule has 0 aromatic carbocycles. The standard InChI is InChI=1S/C11H17NO3/c1-4-5-9-14-11(2,3)15-10(13)7-6-8-12/h6-7H,4-5,9H2,1-3H3. The Balaban J connectivity index is 3.97. The van der Waals surface area contributed by atoms with Gasteiger partial charge in [0.05, 0.1) is 12.7 Å². The van der Waals surface area contributed by atoms with Crippen LogP contribution >= 0.6 is 0 Å². The van der Waals surface area contributed by atoms with E-state index in [2.05, 4.69) is 6.92 Å². The summed E-state index contributed by atoms with van der Waals surface area (Å²) in [6.45, 7) is 5.94. The highest BCUT2D eigenvalue weighted by atomic mass is 16.7. The van der Waals surface area contributed by atoms with Gasteiger partial charge in [0.1, 0.15) is 0 Å². The van der Waals surface area contributed by atoms with Crippen molar-refractivity contribution >= 4 is 5.97 Å². The van der Waals surface area contributed by atoms with Crippen LogP contribution < -0.4 is 0 Å². The van der Waals surface area contributed by atoms with Gasteiger partial charge in [-0.3, -0.25) is 0 Å². The average Bonchev–Trinajstić information content (AvgIpc) is 2.14. The lowest BCUT2D eigenvalue weighted by atomic mass is 10.3. The summed E-state index contributed by atoms with van der Waals surface area (Å²) in [6.07, 6.45) is 4.10. The molecule has 0 atom stereocenters. The molecule has 0 aromatic heterocycles. The van der Waals surface area contributed by atoms with Gasteiger partial charge >= 0.3 is 5.97 Å². The first-order chi connectivity index (χ1) is 7.02. The number of nitrogens with zero attached hydrogens (tertiary/aromatic N) is 1. The molecule has 0 bridgehead atoms. The minimum Gasteiger partial charge on any atom is -0.431 e. The molecule has 0 aromatic rings. The number of hydrogen-bond donors (Lipinski definition) is 0. The zero-order valence-electron chi connectivity index (χ0n) is 9.45. The molecule has 4 nitrogen and oxygen atoms in total. The van der Waals surface area contributed by atoms with Crippen LogP contribution in [-0.2, 0) is 14.3 Å². The van der Waals surface area contributed by atoms with Gasteiger partial charge in [0, 0.05) is 26.0 Å². The average molecular weight is 211 g/mol. The minimum atomic E-state index is -0.938. The first kappa shape index (κ1) is 13.7. The van der Waals surface area contributed by atoms with Crippen molar-refractivity contribution in [1.29, 1.82) is 5.26 Å². The Kier molecular flexibility index (Phi) is 6.39. The Bertz CT molecular complexity index is 263. The van der Waals surface area contributed by atoms with Crippen LogP contribution in [0.1, 0.15) is 33.6 Å². The minimum absolute atomic E-state index is 0.554. The van der Waals surface area contributed by atoms with Crippen molar-refractivity contribution < 1.29 is 14.3 Å². The van der Waals surface area contributed by atoms with Gasteiger partial charge in [-0.25, -0.2) is 4.79 Å². The summed E-state index contributed by atoms with van der Waals surface area (Å²) in [7, 11) is 0. The smallest absolute Gasteiger partial charge is 0.333 e. The molecule has 0 aliphatic rings. The van der Waals surface area contributed by atoms with E-state index >= 15 is 0 Å². The highest BCUT2D eigenvalue weighted by molar-refractivity contribution is 5.82. The van der Waals surface area contributed by atoms with Gasteiger partial charge in [-0.05, 0) is 6.42 Å². The van der Waals surface area contributed by atoms with Crippen LogP contribution in [0.2, 0.25) is 0 Å². The van der Waals surface area contributed by atoms with Crippen molar-refractivity contribution in [3.63, 3.8) is 0 Å². The topological polar surface area (TPSA) is 59.3 Å². The highest BCUT2D eigenvalue weighted by Crippen LogP contribution is 2.12. The van der Waals surface area contributed by atoms with Gasteiger partial charge < -0.3 is 9.47 Å². The van der Waals surface area contributed by atoms with Crippen molar-refractivity contribution in [2.24, 2.45) is 0 Å². The number of unbranched alkanes of at least 4 members (excludes halogenated alkanes) is 1. The van der Waals surface area contributed by atoms with Gasteiger partial charge in [0.2, 0.25) is 5.79 Å². The fraction of sp³-hybridized carbons (Fsp3) is 0.636. The quantitative estimate of drug-likeness (QED) is 0.222. The monoisotopic (exact) mass is 211 g/mol. The van der Waals surface area contributed by atoms with E-state index < -0.39 is 11.8 Å². The maximum atomic E-state index is 11.1. The first-order valence-corrected chi connectivity index (χ1v) is 4.95. The molecule has 4 heteroatoms. The number of hydrogen-bond acceptors (Lipinski definition) is 4. The molecular formula is C11H17NO3. The van der Waals surface area contributed by atoms with Gasteiger partial charge in [-0.15, -0.1) is 0 Å². The molecule has 0 aliphatic carbocycles. The number of carbonyl (C=O) groups is 1. The molecular weight excluding hydrogens is 194 g/mol. The van der Waals surface area contributed by atoms with Crippen molar-refractivity contribution in [2.75, 3.05) is 6.61 Å². The van der Waals surface area contributed by atoms with Crippen LogP contribution in [0.15, 0.2) is 12.2 Å². The van der Waals surface area contributed by atoms with Crippen molar-refractivity contribution in [3.05, 3.63) is 12.2 Å². The predicted octanol–water partition coefficient (Wildman–Crippen LogP) is 2.16. The lowest BCUT2D eigenvalue weighted by Gasteiger charge is -2.24. The Labute approximate surface area is 90.5 Å². The normalized spacial score (nSPS) is 11.3. The molecule has 84 valence electrons. The SMILES string of the molecule is CCCCOC(C)(C)OC(=O)C=CC#N. The Morgan fingerprint density at radius 2 is 2.20 bits per heavy atom. The Morgan fingerprint density at radius 3 is 2.73 bits per heavy atom. The van der Waals surface area contributed by atoms with Crippen LogP contribution in [0, 0.1) is 11.3 Å². The largest absolute Gasteiger partial charge is 0.431 e. The van der Waals surface area contributed by atoms with Crippen LogP contribution in [-0.4, -0.2) is 18.4 Å². The number of allylic oxidation sites excluding steroid dienone is 1. The Morgan fingerprint density at radius 1 is 1.53 bits per heavy atom. The number of nitriles is 1. The molecule has 0 aliphatic heterocycles. The van der Waals surface area contributed by atoms with Crippen LogP contribution in [0.25, 0.3) is 0 Å². The second kappa shape index (κ2) is 7.02. The lowest BCUT2D eigenvalue weighted by molar-refractivity contribution is -0.211. The van der Waals surface area contributed by atoms with E-state index in [-0.39, 0.29) is 0 Å². The van der Waals surface area contributed by atoms with Crippen LogP contribution in [0.3, 0.4) is 0 Å². The van der Waals surface area contributed by atoms with E-state index in [1.54, 1.807) is 19.9 Å². The fourth-order valence-electron chi connectivity index (χ4n) is 0.873. The number of ether oxygens (including phenoxy) is 2. The molecule has 0 saturated heterocycles. The third-order valence-electron chi connectivity index (χ3n) is 1.59. The van der Waals surface area contributed by atoms with Crippen molar-refractivity contribution in [2.45, 2.75) is 39.4 Å². The molecule has 0 saturated carbocycles. The lowest BCUT2D eigenvalue weighted by Crippen LogP contribution is -2.31. The summed E-state index contributed by atoms with van der Waals surface area (Å²) in [5, 5.41) is 8.21. The summed E-state index contributed by atoms with van der Waals surface area (Å²) in [6, 6.07) is 1.71. The van der Waals surface area contributed by atoms with E-state index in [4.69, 9.17) is 14.7 Å². The molecule has 0 N–H and O–H groups in total. The zero-order valence-corrected chi connectivity index (χ0v) is 9.45. The Hall–Kier alpha value is -1.34. The summed E-state index contributed by atoms with van der Waals surface area (Å²) >= 11 is 0. The second-order valence-corrected chi connectivity index (χ2v) is 3.49. The maximum Gasteiger partial charge on any atom is 0.333 e. The van der Waals surface area contributed by atoms with Crippen LogP contribution in [0.5, 0.6) is 0 Å². The van der Waals surface area contributed by atoms with Gasteiger partial charge in [0.15, 0.2) is 0 Å². The van der Waals surface area contributed by atoms with E-state index in [1.165, 1.54) is 0 Å². The molecule has 0 fully saturated rings. The number of carbonyl (C=O) groups excluding carboxylic acids is 1. The summed E-state index contributed by atoms with van der Waals surface area (Å²) in [5.41, 5.74) is 0. The van der Waals surface area contributed by atoms with E-state index in [1.807, 2.05) is 0 Å². The van der Waals surface area contributed by atoms with E-state index in [9.17, 15) is 4.79 Å². The number of rotatable bonds is 6. The molecule has 15 heavy (non-hydrogen) atoms. The highest BCUT2D eigenvalue weighted by Gasteiger charge is 2.21. The molecule has 0 spiro atoms. The fourth-order valence-corrected chi connectivity index (χ4v) is 0.873. The molecule has 0 unspecified atom stereocenters. The van der Waals surface area contributed by atoms with Gasteiger partial charge in [-0.2, -0.15) is 5.26 Å². The zero-order chi connectivity index (χ0) is 11.7. The second-order valence-electron chi connectivity index (χ2n) is 3.49. The van der Waals surface area contributed by atoms with Crippen molar-refractivity contribution in [1.82, 2.24) is 0 Å². The summed E-state index contributed by atoms with van der Waals surface area (Å²) in [4.78, 5) is 11.1. The van der Waals surface area contributed by atoms with Crippen molar-refractivity contribution in [3.8, 4) is 6.07 Å². The third kappa shape index (κ3) is 7.71. The van der Waals surface area contributed by atoms with Crippen LogP contribution in [0.4, 0.5) is 0 Å². The maximum absolute atomic E-state index is 11.1. The predicted molar refractivity (Wildman–Crippen MR) is 55.8 cm³/mol. The first-order valence-electron chi connectivity index (χ1n) is 4.95. The summed E-state index contributed by atoms with van der Waals surface area (Å²) in [5.74, 6) is -1.51. The third-order valence-corrected chi connectivity index (χ3v) is 1.59. The molecule has 0 rings (SSSR count). The molecule has 0 radical (unpaired) electrons.